The quantitative estimate of drug-likeness (QED) is 0.586. The Morgan fingerprint density at radius 1 is 0.889 bits per heavy atom. The molecular weight excluding hydrogens is 442 g/mol. The summed E-state index contributed by atoms with van der Waals surface area (Å²) < 4.78 is 0.875. The van der Waals surface area contributed by atoms with Crippen LogP contribution in [-0.2, 0) is 30.9 Å². The van der Waals surface area contributed by atoms with Crippen LogP contribution in [0.15, 0.2) is 24.4 Å². The van der Waals surface area contributed by atoms with E-state index in [9.17, 15) is 0 Å². The van der Waals surface area contributed by atoms with Crippen LogP contribution < -0.4 is 0 Å². The molecule has 11 rings (SSSR count). The predicted molar refractivity (Wildman–Crippen MR) is 59.7 cm³/mol. The summed E-state index contributed by atoms with van der Waals surface area (Å²) in [7, 11) is 0. The zero-order chi connectivity index (χ0) is 10.1. The van der Waals surface area contributed by atoms with Gasteiger partial charge in [0.2, 0.25) is 0 Å². The number of aromatic nitrogens is 1. The summed E-state index contributed by atoms with van der Waals surface area (Å²) in [6, 6.07) is 6.82. The zero-order valence-electron chi connectivity index (χ0n) is 9.64. The van der Waals surface area contributed by atoms with Crippen LogP contribution in [0.25, 0.3) is 0 Å². The number of pyridine rings is 1. The van der Waals surface area contributed by atoms with Crippen LogP contribution in [0.3, 0.4) is 0 Å². The van der Waals surface area contributed by atoms with Gasteiger partial charge < -0.3 is 0 Å². The molecule has 1 nitrogen and oxygen atoms in total. The molecule has 0 saturated carbocycles. The van der Waals surface area contributed by atoms with Gasteiger partial charge in [0, 0.05) is 20.1 Å². The van der Waals surface area contributed by atoms with Crippen molar-refractivity contribution in [2.45, 2.75) is 47.7 Å². The standard InChI is InChI=1S/C10H8N.C5H5.Fe.Ir/c1-2-6-9(5-1)10-7-3-4-8-11-10;1-2-4-5-3-1;;/h1-8H;1-5H;;. The summed E-state index contributed by atoms with van der Waals surface area (Å²) in [6.07, 6.45) is 2.08. The molecule has 18 heavy (non-hydrogen) atoms. The maximum atomic E-state index is 4.91. The first kappa shape index (κ1) is 7.36. The second-order valence-electron chi connectivity index (χ2n) is 10.9. The molecule has 11 heterocycles. The minimum atomic E-state index is -2.87. The molecule has 1 radical (unpaired) electrons. The van der Waals surface area contributed by atoms with Crippen LogP contribution in [0, 0.1) is 0 Å². The molecule has 0 aromatic carbocycles. The molecule has 10 aliphatic heterocycles. The first-order valence-corrected chi connectivity index (χ1v) is 13.6. The Bertz CT molecular complexity index is 1030. The van der Waals surface area contributed by atoms with E-state index in [2.05, 4.69) is 24.4 Å². The average Bonchev–Trinajstić information content (AvgIpc) is 3.32. The molecule has 3 heteroatoms. The summed E-state index contributed by atoms with van der Waals surface area (Å²) in [5.74, 6) is 0. The van der Waals surface area contributed by atoms with Crippen molar-refractivity contribution in [2.24, 2.45) is 0 Å². The molecule has 0 amide bonds. The fourth-order valence-electron chi connectivity index (χ4n) is 17.5. The van der Waals surface area contributed by atoms with Crippen molar-refractivity contribution < 1.29 is 26.6 Å². The Hall–Kier alpha value is 0.319. The zero-order valence-corrected chi connectivity index (χ0v) is 13.1. The summed E-state index contributed by atoms with van der Waals surface area (Å²) >= 11 is 0. The molecule has 0 bridgehead atoms. The monoisotopic (exact) mass is 456 g/mol. The first-order chi connectivity index (χ1) is 8.15. The van der Waals surface area contributed by atoms with Crippen molar-refractivity contribution in [3.8, 4) is 0 Å². The van der Waals surface area contributed by atoms with Gasteiger partial charge in [-0.25, -0.2) is 0 Å². The number of fused-ring (bicyclic) bond motifs is 10. The molecule has 1 aromatic heterocycles. The molecule has 10 aliphatic rings. The van der Waals surface area contributed by atoms with Gasteiger partial charge in [0.1, 0.15) is 0 Å². The fraction of sp³-hybridized carbons (Fsp3) is 0.667. The summed E-state index contributed by atoms with van der Waals surface area (Å²) in [5, 5.41) is 0. The van der Waals surface area contributed by atoms with Gasteiger partial charge in [-0.3, -0.25) is 0 Å². The van der Waals surface area contributed by atoms with Gasteiger partial charge in [-0.2, -0.15) is 0 Å². The number of hydrogen-bond acceptors (Lipinski definition) is 1. The molecule has 10 fully saturated rings. The van der Waals surface area contributed by atoms with Gasteiger partial charge in [-0.1, -0.05) is 0 Å². The van der Waals surface area contributed by atoms with E-state index in [1.807, 2.05) is 0 Å². The van der Waals surface area contributed by atoms with Crippen molar-refractivity contribution in [3.63, 3.8) is 0 Å². The summed E-state index contributed by atoms with van der Waals surface area (Å²) in [4.78, 5) is 17.7. The second kappa shape index (κ2) is 0.619. The van der Waals surface area contributed by atoms with Crippen LogP contribution in [0.2, 0.25) is 43.3 Å². The van der Waals surface area contributed by atoms with Gasteiger partial charge in [0.05, 0.1) is 0 Å². The van der Waals surface area contributed by atoms with Crippen LogP contribution in [0.1, 0.15) is 5.69 Å². The summed E-state index contributed by atoms with van der Waals surface area (Å²) in [6.45, 7) is -2.87. The van der Waals surface area contributed by atoms with Gasteiger partial charge in [-0.05, 0) is 0 Å². The molecule has 10 saturated heterocycles. The predicted octanol–water partition coefficient (Wildman–Crippen LogP) is 3.88. The van der Waals surface area contributed by atoms with Gasteiger partial charge in [-0.15, -0.1) is 0 Å². The molecule has 4 atom stereocenters. The average molecular weight is 455 g/mol. The summed E-state index contributed by atoms with van der Waals surface area (Å²) in [5.41, 5.74) is 1.63. The number of rotatable bonds is 1. The topological polar surface area (TPSA) is 12.9 Å². The van der Waals surface area contributed by atoms with Crippen molar-refractivity contribution in [1.29, 1.82) is 0 Å². The van der Waals surface area contributed by atoms with E-state index in [0.717, 1.165) is 4.31 Å². The van der Waals surface area contributed by atoms with Crippen LogP contribution in [0.5, 0.6) is 0 Å². The molecule has 1 aromatic rings. The number of nitrogens with zero attached hydrogens (tertiary/aromatic N) is 1. The molecule has 4 unspecified atom stereocenters. The normalized spacial score (nSPS) is 112. The second-order valence-corrected chi connectivity index (χ2v) is 34.5. The third-order valence-corrected chi connectivity index (χ3v) is 58.1. The van der Waals surface area contributed by atoms with E-state index in [1.165, 1.54) is 43.3 Å². The minimum absolute atomic E-state index is 0. The Balaban J connectivity index is 0.000000663. The number of hydrogen-bond donors (Lipinski definition) is 0. The third-order valence-electron chi connectivity index (χ3n) is 15.7. The SMILES string of the molecule is [Ir].c1ccc([C]23[CH]4[CH]5[CH]6[CH]2[Fe]56432789[CH]3[CH]2[CH]7[CH]8[CH]39)nc1. The van der Waals surface area contributed by atoms with Crippen molar-refractivity contribution in [2.75, 3.05) is 0 Å². The van der Waals surface area contributed by atoms with Crippen LogP contribution in [0.4, 0.5) is 0 Å². The van der Waals surface area contributed by atoms with E-state index in [-0.39, 0.29) is 20.1 Å². The van der Waals surface area contributed by atoms with Gasteiger partial charge in [0.15, 0.2) is 0 Å². The molecular formula is C15H13FeIrN. The maximum absolute atomic E-state index is 4.91. The van der Waals surface area contributed by atoms with Crippen molar-refractivity contribution in [1.82, 2.24) is 4.98 Å². The van der Waals surface area contributed by atoms with Crippen LogP contribution >= 0.6 is 0 Å². The fourth-order valence-corrected chi connectivity index (χ4v) is 91.5. The van der Waals surface area contributed by atoms with Gasteiger partial charge in [0.25, 0.3) is 0 Å². The molecule has 95 valence electrons. The van der Waals surface area contributed by atoms with E-state index in [4.69, 9.17) is 4.98 Å². The first-order valence-electron chi connectivity index (χ1n) is 7.28. The Morgan fingerprint density at radius 2 is 1.50 bits per heavy atom. The molecule has 0 aliphatic carbocycles. The van der Waals surface area contributed by atoms with E-state index in [1.54, 1.807) is 5.69 Å². The van der Waals surface area contributed by atoms with Crippen molar-refractivity contribution in [3.05, 3.63) is 30.1 Å². The molecule has 0 N–H and O–H groups in total. The van der Waals surface area contributed by atoms with E-state index >= 15 is 0 Å². The van der Waals surface area contributed by atoms with E-state index in [0.29, 0.717) is 0 Å². The molecule has 1 spiro atoms. The van der Waals surface area contributed by atoms with Crippen LogP contribution in [-0.4, -0.2) is 4.98 Å². The van der Waals surface area contributed by atoms with Crippen molar-refractivity contribution >= 4 is 0 Å². The Kier molecular flexibility index (Phi) is 0.253. The Labute approximate surface area is 109 Å². The van der Waals surface area contributed by atoms with Gasteiger partial charge >= 0.3 is 89.2 Å². The van der Waals surface area contributed by atoms with E-state index < -0.39 is 6.51 Å². The third kappa shape index (κ3) is 0.0741. The Morgan fingerprint density at radius 3 is 1.83 bits per heavy atom.